The summed E-state index contributed by atoms with van der Waals surface area (Å²) >= 11 is 0. The second-order valence-corrected chi connectivity index (χ2v) is 4.46. The van der Waals surface area contributed by atoms with Gasteiger partial charge in [0.2, 0.25) is 5.91 Å². The predicted octanol–water partition coefficient (Wildman–Crippen LogP) is 1.55. The molecule has 0 aliphatic heterocycles. The molecule has 0 spiro atoms. The van der Waals surface area contributed by atoms with Gasteiger partial charge in [-0.3, -0.25) is 9.69 Å². The number of hydrogen-bond acceptors (Lipinski definition) is 4. The molecule has 108 valence electrons. The van der Waals surface area contributed by atoms with Crippen molar-refractivity contribution >= 4 is 5.91 Å². The van der Waals surface area contributed by atoms with E-state index in [0.29, 0.717) is 6.54 Å². The maximum Gasteiger partial charge on any atom is 0.234 e. The first-order valence-corrected chi connectivity index (χ1v) is 6.69. The lowest BCUT2D eigenvalue weighted by atomic mass is 10.2. The molecule has 0 saturated heterocycles. The summed E-state index contributed by atoms with van der Waals surface area (Å²) in [6.07, 6.45) is 0.918. The van der Waals surface area contributed by atoms with Crippen molar-refractivity contribution in [1.29, 1.82) is 5.26 Å². The van der Waals surface area contributed by atoms with Crippen molar-refractivity contribution in [2.24, 2.45) is 0 Å². The van der Waals surface area contributed by atoms with Crippen LogP contribution < -0.4 is 10.1 Å². The smallest absolute Gasteiger partial charge is 0.234 e. The third kappa shape index (κ3) is 5.29. The Balaban J connectivity index is 2.48. The minimum atomic E-state index is -0.0837. The van der Waals surface area contributed by atoms with Gasteiger partial charge in [0, 0.05) is 12.1 Å². The van der Waals surface area contributed by atoms with Gasteiger partial charge in [0.25, 0.3) is 0 Å². The molecular formula is C15H21N3O2. The van der Waals surface area contributed by atoms with E-state index in [1.54, 1.807) is 7.11 Å². The van der Waals surface area contributed by atoms with Gasteiger partial charge in [0.05, 0.1) is 26.3 Å². The molecule has 0 heterocycles. The van der Waals surface area contributed by atoms with Crippen molar-refractivity contribution in [2.75, 3.05) is 26.7 Å². The Hall–Kier alpha value is -2.06. The molecule has 1 aromatic carbocycles. The summed E-state index contributed by atoms with van der Waals surface area (Å²) in [4.78, 5) is 13.7. The Labute approximate surface area is 120 Å². The van der Waals surface area contributed by atoms with Gasteiger partial charge in [0.15, 0.2) is 0 Å². The van der Waals surface area contributed by atoms with Gasteiger partial charge in [-0.25, -0.2) is 0 Å². The number of hydrogen-bond donors (Lipinski definition) is 1. The van der Waals surface area contributed by atoms with Crippen molar-refractivity contribution in [3.8, 4) is 11.8 Å². The molecule has 1 rings (SSSR count). The Morgan fingerprint density at radius 3 is 2.85 bits per heavy atom. The number of nitriles is 1. The number of nitrogens with zero attached hydrogens (tertiary/aromatic N) is 2. The molecule has 0 aromatic heterocycles. The molecule has 5 nitrogen and oxygen atoms in total. The van der Waals surface area contributed by atoms with Crippen molar-refractivity contribution in [3.05, 3.63) is 29.8 Å². The van der Waals surface area contributed by atoms with Gasteiger partial charge in [0.1, 0.15) is 5.75 Å². The van der Waals surface area contributed by atoms with Gasteiger partial charge in [-0.1, -0.05) is 25.1 Å². The van der Waals surface area contributed by atoms with E-state index >= 15 is 0 Å². The van der Waals surface area contributed by atoms with E-state index in [1.165, 1.54) is 0 Å². The monoisotopic (exact) mass is 275 g/mol. The van der Waals surface area contributed by atoms with E-state index in [0.717, 1.165) is 24.3 Å². The molecule has 0 radical (unpaired) electrons. The summed E-state index contributed by atoms with van der Waals surface area (Å²) in [6.45, 7) is 3.72. The molecule has 0 bridgehead atoms. The summed E-state index contributed by atoms with van der Waals surface area (Å²) in [5, 5.41) is 11.6. The number of benzene rings is 1. The van der Waals surface area contributed by atoms with Crippen molar-refractivity contribution < 1.29 is 9.53 Å². The lowest BCUT2D eigenvalue weighted by Gasteiger charge is -2.17. The molecule has 20 heavy (non-hydrogen) atoms. The minimum Gasteiger partial charge on any atom is -0.496 e. The Bertz CT molecular complexity index is 468. The molecule has 0 aliphatic rings. The SMILES string of the molecule is CCCN(CC#N)CC(=O)NCc1ccccc1OC. The number of carbonyl (C=O) groups is 1. The molecular weight excluding hydrogens is 254 g/mol. The topological polar surface area (TPSA) is 65.4 Å². The van der Waals surface area contributed by atoms with Gasteiger partial charge >= 0.3 is 0 Å². The highest BCUT2D eigenvalue weighted by Crippen LogP contribution is 2.16. The Morgan fingerprint density at radius 1 is 1.45 bits per heavy atom. The van der Waals surface area contributed by atoms with Gasteiger partial charge in [-0.2, -0.15) is 5.26 Å². The number of rotatable bonds is 8. The first-order valence-electron chi connectivity index (χ1n) is 6.69. The van der Waals surface area contributed by atoms with Crippen LogP contribution in [0.4, 0.5) is 0 Å². The van der Waals surface area contributed by atoms with Crippen LogP contribution in [0.5, 0.6) is 5.75 Å². The zero-order chi connectivity index (χ0) is 14.8. The number of ether oxygens (including phenoxy) is 1. The van der Waals surface area contributed by atoms with Crippen LogP contribution in [0.1, 0.15) is 18.9 Å². The summed E-state index contributed by atoms with van der Waals surface area (Å²) < 4.78 is 5.23. The lowest BCUT2D eigenvalue weighted by molar-refractivity contribution is -0.122. The highest BCUT2D eigenvalue weighted by atomic mass is 16.5. The molecule has 1 aromatic rings. The normalized spacial score (nSPS) is 10.1. The summed E-state index contributed by atoms with van der Waals surface area (Å²) in [6, 6.07) is 9.65. The fraction of sp³-hybridized carbons (Fsp3) is 0.467. The third-order valence-corrected chi connectivity index (χ3v) is 2.87. The van der Waals surface area contributed by atoms with Crippen LogP contribution in [0, 0.1) is 11.3 Å². The van der Waals surface area contributed by atoms with E-state index in [4.69, 9.17) is 10.00 Å². The first-order chi connectivity index (χ1) is 9.71. The molecule has 0 fully saturated rings. The number of para-hydroxylation sites is 1. The molecule has 0 saturated carbocycles. The largest absolute Gasteiger partial charge is 0.496 e. The maximum absolute atomic E-state index is 11.9. The first kappa shape index (κ1) is 16.0. The van der Waals surface area contributed by atoms with Crippen LogP contribution in [-0.4, -0.2) is 37.6 Å². The number of methoxy groups -OCH3 is 1. The lowest BCUT2D eigenvalue weighted by Crippen LogP contribution is -2.37. The number of nitrogens with one attached hydrogen (secondary N) is 1. The maximum atomic E-state index is 11.9. The fourth-order valence-corrected chi connectivity index (χ4v) is 1.93. The van der Waals surface area contributed by atoms with Crippen LogP contribution in [0.25, 0.3) is 0 Å². The average Bonchev–Trinajstić information content (AvgIpc) is 2.46. The molecule has 0 unspecified atom stereocenters. The van der Waals surface area contributed by atoms with Gasteiger partial charge < -0.3 is 10.1 Å². The van der Waals surface area contributed by atoms with E-state index in [9.17, 15) is 4.79 Å². The second kappa shape index (κ2) is 8.94. The second-order valence-electron chi connectivity index (χ2n) is 4.46. The predicted molar refractivity (Wildman–Crippen MR) is 77.2 cm³/mol. The standard InChI is InChI=1S/C15H21N3O2/c1-3-9-18(10-8-16)12-15(19)17-11-13-6-4-5-7-14(13)20-2/h4-7H,3,9-12H2,1-2H3,(H,17,19). The molecule has 1 N–H and O–H groups in total. The van der Waals surface area contributed by atoms with E-state index in [1.807, 2.05) is 36.1 Å². The minimum absolute atomic E-state index is 0.0837. The van der Waals surface area contributed by atoms with E-state index in [2.05, 4.69) is 11.4 Å². The van der Waals surface area contributed by atoms with Crippen LogP contribution >= 0.6 is 0 Å². The molecule has 0 atom stereocenters. The van der Waals surface area contributed by atoms with E-state index in [-0.39, 0.29) is 19.0 Å². The summed E-state index contributed by atoms with van der Waals surface area (Å²) in [7, 11) is 1.61. The fourth-order valence-electron chi connectivity index (χ4n) is 1.93. The van der Waals surface area contributed by atoms with Crippen LogP contribution in [0.2, 0.25) is 0 Å². The molecule has 0 aliphatic carbocycles. The van der Waals surface area contributed by atoms with Gasteiger partial charge in [-0.05, 0) is 19.0 Å². The highest BCUT2D eigenvalue weighted by Gasteiger charge is 2.10. The van der Waals surface area contributed by atoms with Gasteiger partial charge in [-0.15, -0.1) is 0 Å². The summed E-state index contributed by atoms with van der Waals surface area (Å²) in [5.74, 6) is 0.676. The van der Waals surface area contributed by atoms with E-state index < -0.39 is 0 Å². The molecule has 1 amide bonds. The van der Waals surface area contributed by atoms with Crippen molar-refractivity contribution in [1.82, 2.24) is 10.2 Å². The van der Waals surface area contributed by atoms with Crippen molar-refractivity contribution in [2.45, 2.75) is 19.9 Å². The Kier molecular flexibility index (Phi) is 7.15. The number of carbonyl (C=O) groups excluding carboxylic acids is 1. The van der Waals surface area contributed by atoms with Crippen molar-refractivity contribution in [3.63, 3.8) is 0 Å². The average molecular weight is 275 g/mol. The molecule has 5 heteroatoms. The van der Waals surface area contributed by atoms with Crippen LogP contribution in [-0.2, 0) is 11.3 Å². The zero-order valence-corrected chi connectivity index (χ0v) is 12.1. The highest BCUT2D eigenvalue weighted by molar-refractivity contribution is 5.78. The van der Waals surface area contributed by atoms with Crippen LogP contribution in [0.3, 0.4) is 0 Å². The van der Waals surface area contributed by atoms with Crippen LogP contribution in [0.15, 0.2) is 24.3 Å². The quantitative estimate of drug-likeness (QED) is 0.731. The number of amides is 1. The Morgan fingerprint density at radius 2 is 2.20 bits per heavy atom. The zero-order valence-electron chi connectivity index (χ0n) is 12.1. The summed E-state index contributed by atoms with van der Waals surface area (Å²) in [5.41, 5.74) is 0.936. The third-order valence-electron chi connectivity index (χ3n) is 2.87.